The van der Waals surface area contributed by atoms with Crippen molar-refractivity contribution in [3.05, 3.63) is 52.6 Å². The number of rotatable bonds is 1. The third-order valence-corrected chi connectivity index (χ3v) is 2.68. The van der Waals surface area contributed by atoms with Gasteiger partial charge in [0.05, 0.1) is 4.92 Å². The van der Waals surface area contributed by atoms with Crippen LogP contribution in [-0.2, 0) is 5.21 Å². The van der Waals surface area contributed by atoms with Gasteiger partial charge in [0.1, 0.15) is 11.4 Å². The van der Waals surface area contributed by atoms with Gasteiger partial charge in [0.2, 0.25) is 0 Å². The van der Waals surface area contributed by atoms with Gasteiger partial charge in [0, 0.05) is 12.1 Å². The number of nitrogens with zero attached hydrogens (tertiary/aromatic N) is 2. The van der Waals surface area contributed by atoms with Crippen LogP contribution in [0.15, 0.2) is 42.5 Å². The number of nitro groups is 1. The fourth-order valence-electron chi connectivity index (χ4n) is 1.82. The smallest absolute Gasteiger partial charge is 0.271 e. The molecule has 0 spiro atoms. The number of non-ortho nitro benzene ring substituents is 1. The summed E-state index contributed by atoms with van der Waals surface area (Å²) < 4.78 is 5.52. The Morgan fingerprint density at radius 3 is 2.56 bits per heavy atom. The van der Waals surface area contributed by atoms with Crippen LogP contribution in [-0.4, -0.2) is 4.92 Å². The molecule has 0 N–H and O–H groups in total. The number of fused-ring (bicyclic) bond motifs is 2. The Balaban J connectivity index is 2.14. The highest BCUT2D eigenvalue weighted by Crippen LogP contribution is 2.46. The summed E-state index contributed by atoms with van der Waals surface area (Å²) in [6.07, 6.45) is 0. The van der Waals surface area contributed by atoms with Crippen LogP contribution >= 0.6 is 0 Å². The maximum absolute atomic E-state index is 12.1. The lowest BCUT2D eigenvalue weighted by molar-refractivity contribution is -0.384. The molecule has 0 bridgehead atoms. The average molecular weight is 243 g/mol. The molecule has 0 amide bonds. The summed E-state index contributed by atoms with van der Waals surface area (Å²) >= 11 is 0. The van der Waals surface area contributed by atoms with Gasteiger partial charge in [-0.15, -0.1) is 0 Å². The number of hydrogen-bond donors (Lipinski definition) is 0. The van der Waals surface area contributed by atoms with Gasteiger partial charge in [-0.25, -0.2) is 0 Å². The maximum atomic E-state index is 12.1. The summed E-state index contributed by atoms with van der Waals surface area (Å²) in [5, 5.41) is 23.4. The van der Waals surface area contributed by atoms with Crippen molar-refractivity contribution in [2.75, 3.05) is 5.06 Å². The largest absolute Gasteiger partial charge is 0.453 e. The summed E-state index contributed by atoms with van der Waals surface area (Å²) in [6, 6.07) is 10.7. The summed E-state index contributed by atoms with van der Waals surface area (Å²) in [5.41, 5.74) is 0.339. The molecule has 0 aliphatic carbocycles. The molecule has 3 rings (SSSR count). The monoisotopic (exact) mass is 243 g/mol. The number of ether oxygens (including phenoxy) is 1. The highest BCUT2D eigenvalue weighted by Gasteiger charge is 2.26. The minimum atomic E-state index is -0.547. The Labute approximate surface area is 102 Å². The van der Waals surface area contributed by atoms with Crippen LogP contribution < -0.4 is 9.80 Å². The first kappa shape index (κ1) is 10.5. The third kappa shape index (κ3) is 1.47. The molecule has 1 radical (unpaired) electrons. The molecular weight excluding hydrogens is 236 g/mol. The van der Waals surface area contributed by atoms with Crippen molar-refractivity contribution >= 4 is 17.1 Å². The molecule has 1 aliphatic heterocycles. The zero-order chi connectivity index (χ0) is 12.7. The Morgan fingerprint density at radius 1 is 1.06 bits per heavy atom. The van der Waals surface area contributed by atoms with Gasteiger partial charge in [-0.3, -0.25) is 10.1 Å². The van der Waals surface area contributed by atoms with E-state index in [2.05, 4.69) is 0 Å². The van der Waals surface area contributed by atoms with Crippen LogP contribution in [0.1, 0.15) is 0 Å². The third-order valence-electron chi connectivity index (χ3n) is 2.68. The molecular formula is C12H7N2O4. The van der Waals surface area contributed by atoms with Crippen molar-refractivity contribution in [3.63, 3.8) is 0 Å². The summed E-state index contributed by atoms with van der Waals surface area (Å²) in [4.78, 5) is 10.1. The number of anilines is 2. The summed E-state index contributed by atoms with van der Waals surface area (Å²) in [7, 11) is 0. The Hall–Kier alpha value is -2.60. The quantitative estimate of drug-likeness (QED) is 0.569. The van der Waals surface area contributed by atoms with Crippen LogP contribution in [0.4, 0.5) is 17.1 Å². The highest BCUT2D eigenvalue weighted by atomic mass is 16.6. The molecule has 6 nitrogen and oxygen atoms in total. The molecule has 2 aromatic carbocycles. The van der Waals surface area contributed by atoms with Crippen LogP contribution in [0.2, 0.25) is 0 Å². The van der Waals surface area contributed by atoms with E-state index in [1.54, 1.807) is 24.3 Å². The Bertz CT molecular complexity index is 642. The Morgan fingerprint density at radius 2 is 1.78 bits per heavy atom. The van der Waals surface area contributed by atoms with Crippen molar-refractivity contribution in [2.24, 2.45) is 0 Å². The van der Waals surface area contributed by atoms with Crippen LogP contribution in [0.5, 0.6) is 11.5 Å². The summed E-state index contributed by atoms with van der Waals surface area (Å²) in [6.45, 7) is 0. The number of nitro benzene ring substituents is 1. The highest BCUT2D eigenvalue weighted by molar-refractivity contribution is 5.77. The van der Waals surface area contributed by atoms with E-state index >= 15 is 0 Å². The topological polar surface area (TPSA) is 75.5 Å². The lowest BCUT2D eigenvalue weighted by Crippen LogP contribution is -2.14. The fourth-order valence-corrected chi connectivity index (χ4v) is 1.82. The Kier molecular flexibility index (Phi) is 2.17. The molecule has 0 aromatic heterocycles. The van der Waals surface area contributed by atoms with Gasteiger partial charge in [0.15, 0.2) is 11.5 Å². The number of hydrogen-bond acceptors (Lipinski definition) is 4. The van der Waals surface area contributed by atoms with Gasteiger partial charge < -0.3 is 4.74 Å². The molecule has 6 heteroatoms. The number of para-hydroxylation sites is 2. The van der Waals surface area contributed by atoms with Gasteiger partial charge >= 0.3 is 0 Å². The molecule has 0 fully saturated rings. The predicted molar refractivity (Wildman–Crippen MR) is 62.4 cm³/mol. The van der Waals surface area contributed by atoms with E-state index in [1.165, 1.54) is 18.2 Å². The number of benzene rings is 2. The lowest BCUT2D eigenvalue weighted by Gasteiger charge is -2.25. The van der Waals surface area contributed by atoms with E-state index in [0.717, 1.165) is 0 Å². The molecule has 0 unspecified atom stereocenters. The average Bonchev–Trinajstić information content (AvgIpc) is 2.38. The molecule has 1 heterocycles. The van der Waals surface area contributed by atoms with Crippen LogP contribution in [0, 0.1) is 10.1 Å². The van der Waals surface area contributed by atoms with Crippen molar-refractivity contribution in [3.8, 4) is 11.5 Å². The van der Waals surface area contributed by atoms with E-state index in [4.69, 9.17) is 4.74 Å². The van der Waals surface area contributed by atoms with E-state index < -0.39 is 4.92 Å². The lowest BCUT2D eigenvalue weighted by atomic mass is 10.2. The van der Waals surface area contributed by atoms with Crippen LogP contribution in [0.3, 0.4) is 0 Å². The molecule has 18 heavy (non-hydrogen) atoms. The molecule has 89 valence electrons. The molecule has 0 saturated heterocycles. The van der Waals surface area contributed by atoms with Crippen molar-refractivity contribution in [1.29, 1.82) is 0 Å². The standard InChI is InChI=1S/C12H7N2O4/c15-13-9-3-1-2-4-11(9)18-12-6-5-8(14(16)17)7-10(12)13/h1-7H. The SMILES string of the molecule is [O]N1c2ccccc2Oc2ccc([N+](=O)[O-])cc21. The second kappa shape index (κ2) is 3.71. The first-order valence-electron chi connectivity index (χ1n) is 5.19. The molecule has 0 atom stereocenters. The first-order valence-corrected chi connectivity index (χ1v) is 5.19. The van der Waals surface area contributed by atoms with Crippen molar-refractivity contribution < 1.29 is 14.9 Å². The van der Waals surface area contributed by atoms with Crippen molar-refractivity contribution in [1.82, 2.24) is 0 Å². The van der Waals surface area contributed by atoms with Gasteiger partial charge in [-0.1, -0.05) is 17.3 Å². The second-order valence-corrected chi connectivity index (χ2v) is 3.77. The molecule has 1 aliphatic rings. The summed E-state index contributed by atoms with van der Waals surface area (Å²) in [5.74, 6) is 0.753. The zero-order valence-electron chi connectivity index (χ0n) is 9.07. The van der Waals surface area contributed by atoms with E-state index in [1.807, 2.05) is 0 Å². The normalized spacial score (nSPS) is 12.4. The molecule has 0 saturated carbocycles. The van der Waals surface area contributed by atoms with Gasteiger partial charge in [-0.2, -0.15) is 5.06 Å². The van der Waals surface area contributed by atoms with E-state index in [0.29, 0.717) is 22.2 Å². The zero-order valence-corrected chi connectivity index (χ0v) is 9.07. The van der Waals surface area contributed by atoms with Crippen LogP contribution in [0.25, 0.3) is 0 Å². The maximum Gasteiger partial charge on any atom is 0.271 e. The minimum absolute atomic E-state index is 0.141. The second-order valence-electron chi connectivity index (χ2n) is 3.77. The molecule has 2 aromatic rings. The van der Waals surface area contributed by atoms with Crippen molar-refractivity contribution in [2.45, 2.75) is 0 Å². The van der Waals surface area contributed by atoms with E-state index in [-0.39, 0.29) is 11.4 Å². The fraction of sp³-hybridized carbons (Fsp3) is 0. The van der Waals surface area contributed by atoms with Gasteiger partial charge in [-0.05, 0) is 18.2 Å². The first-order chi connectivity index (χ1) is 8.66. The minimum Gasteiger partial charge on any atom is -0.453 e. The van der Waals surface area contributed by atoms with Gasteiger partial charge in [0.25, 0.3) is 5.69 Å². The van der Waals surface area contributed by atoms with E-state index in [9.17, 15) is 15.3 Å². The predicted octanol–water partition coefficient (Wildman–Crippen LogP) is 3.18.